The second-order valence-corrected chi connectivity index (χ2v) is 7.43. The van der Waals surface area contributed by atoms with E-state index in [-0.39, 0.29) is 5.54 Å². The van der Waals surface area contributed by atoms with Crippen LogP contribution in [0.15, 0.2) is 15.9 Å². The van der Waals surface area contributed by atoms with Crippen molar-refractivity contribution in [1.29, 1.82) is 0 Å². The summed E-state index contributed by atoms with van der Waals surface area (Å²) < 4.78 is 1.26. The number of halogens is 1. The van der Waals surface area contributed by atoms with E-state index in [4.69, 9.17) is 0 Å². The second kappa shape index (κ2) is 6.04. The lowest BCUT2D eigenvalue weighted by atomic mass is 9.98. The predicted molar refractivity (Wildman–Crippen MR) is 83.2 cm³/mol. The van der Waals surface area contributed by atoms with Crippen LogP contribution >= 0.6 is 27.3 Å². The summed E-state index contributed by atoms with van der Waals surface area (Å²) in [7, 11) is 0. The maximum atomic E-state index is 3.71. The topological polar surface area (TPSA) is 15.3 Å². The van der Waals surface area contributed by atoms with Gasteiger partial charge in [0.1, 0.15) is 0 Å². The molecule has 4 heteroatoms. The normalized spacial score (nSPS) is 30.3. The first-order valence-corrected chi connectivity index (χ1v) is 8.42. The number of nitrogens with zero attached hydrogens (tertiary/aromatic N) is 1. The molecule has 1 fully saturated rings. The third kappa shape index (κ3) is 3.35. The van der Waals surface area contributed by atoms with Crippen LogP contribution in [0.25, 0.3) is 0 Å². The highest BCUT2D eigenvalue weighted by Gasteiger charge is 2.30. The molecule has 2 unspecified atom stereocenters. The van der Waals surface area contributed by atoms with E-state index < -0.39 is 0 Å². The first kappa shape index (κ1) is 14.5. The van der Waals surface area contributed by atoms with Gasteiger partial charge in [-0.25, -0.2) is 0 Å². The Morgan fingerprint density at radius 1 is 1.61 bits per heavy atom. The Morgan fingerprint density at radius 2 is 2.39 bits per heavy atom. The van der Waals surface area contributed by atoms with Crippen molar-refractivity contribution < 1.29 is 0 Å². The molecule has 0 bridgehead atoms. The SMILES string of the molecule is CCC1(C)CN(Cc2sccc2Br)C(C)CCN1. The third-order valence-corrected chi connectivity index (χ3v) is 6.02. The molecular weight excluding hydrogens is 308 g/mol. The quantitative estimate of drug-likeness (QED) is 0.905. The molecule has 0 aliphatic carbocycles. The van der Waals surface area contributed by atoms with Crippen molar-refractivity contribution in [2.75, 3.05) is 13.1 Å². The maximum absolute atomic E-state index is 3.71. The largest absolute Gasteiger partial charge is 0.310 e. The molecular formula is C14H23BrN2S. The van der Waals surface area contributed by atoms with E-state index in [1.165, 1.54) is 22.2 Å². The van der Waals surface area contributed by atoms with Gasteiger partial charge in [-0.2, -0.15) is 0 Å². The van der Waals surface area contributed by atoms with Gasteiger partial charge in [-0.05, 0) is 60.6 Å². The Balaban J connectivity index is 2.11. The molecule has 1 aliphatic rings. The number of thiophene rings is 1. The minimum absolute atomic E-state index is 0.258. The van der Waals surface area contributed by atoms with Crippen LogP contribution in [0, 0.1) is 0 Å². The highest BCUT2D eigenvalue weighted by molar-refractivity contribution is 9.10. The molecule has 1 aromatic rings. The van der Waals surface area contributed by atoms with Gasteiger partial charge in [0, 0.05) is 34.0 Å². The zero-order chi connectivity index (χ0) is 13.2. The summed E-state index contributed by atoms with van der Waals surface area (Å²) in [6.45, 7) is 10.3. The van der Waals surface area contributed by atoms with Crippen molar-refractivity contribution in [3.8, 4) is 0 Å². The summed E-state index contributed by atoms with van der Waals surface area (Å²) in [6.07, 6.45) is 2.42. The van der Waals surface area contributed by atoms with Crippen molar-refractivity contribution in [3.05, 3.63) is 20.8 Å². The van der Waals surface area contributed by atoms with Gasteiger partial charge in [0.2, 0.25) is 0 Å². The van der Waals surface area contributed by atoms with Gasteiger partial charge >= 0.3 is 0 Å². The van der Waals surface area contributed by atoms with Crippen LogP contribution < -0.4 is 5.32 Å². The standard InChI is InChI=1S/C14H23BrN2S/c1-4-14(3)10-17(11(2)5-7-16-14)9-13-12(15)6-8-18-13/h6,8,11,16H,4-5,7,9-10H2,1-3H3. The van der Waals surface area contributed by atoms with E-state index in [2.05, 4.69) is 58.4 Å². The van der Waals surface area contributed by atoms with Crippen LogP contribution in [-0.2, 0) is 6.54 Å². The van der Waals surface area contributed by atoms with Gasteiger partial charge in [-0.15, -0.1) is 11.3 Å². The van der Waals surface area contributed by atoms with Crippen LogP contribution in [0.1, 0.15) is 38.5 Å². The summed E-state index contributed by atoms with van der Waals surface area (Å²) in [4.78, 5) is 4.07. The molecule has 1 saturated heterocycles. The third-order valence-electron chi connectivity index (χ3n) is 4.11. The monoisotopic (exact) mass is 330 g/mol. The van der Waals surface area contributed by atoms with Crippen molar-refractivity contribution in [2.45, 2.75) is 51.7 Å². The molecule has 0 amide bonds. The maximum Gasteiger partial charge on any atom is 0.0342 e. The lowest BCUT2D eigenvalue weighted by Gasteiger charge is -2.34. The smallest absolute Gasteiger partial charge is 0.0342 e. The molecule has 1 aromatic heterocycles. The Labute approximate surface area is 123 Å². The van der Waals surface area contributed by atoms with Crippen LogP contribution in [0.4, 0.5) is 0 Å². The molecule has 18 heavy (non-hydrogen) atoms. The summed E-state index contributed by atoms with van der Waals surface area (Å²) in [5.41, 5.74) is 0.258. The van der Waals surface area contributed by atoms with Crippen LogP contribution in [0.2, 0.25) is 0 Å². The first-order chi connectivity index (χ1) is 8.54. The fourth-order valence-electron chi connectivity index (χ4n) is 2.50. The van der Waals surface area contributed by atoms with E-state index in [9.17, 15) is 0 Å². The molecule has 1 aliphatic heterocycles. The Hall–Kier alpha value is 0.1000. The van der Waals surface area contributed by atoms with Gasteiger partial charge in [0.15, 0.2) is 0 Å². The molecule has 0 spiro atoms. The second-order valence-electron chi connectivity index (χ2n) is 5.58. The molecule has 2 nitrogen and oxygen atoms in total. The minimum Gasteiger partial charge on any atom is -0.310 e. The first-order valence-electron chi connectivity index (χ1n) is 6.75. The van der Waals surface area contributed by atoms with Gasteiger partial charge in [0.05, 0.1) is 0 Å². The highest BCUT2D eigenvalue weighted by atomic mass is 79.9. The molecule has 0 aromatic carbocycles. The zero-order valence-electron chi connectivity index (χ0n) is 11.5. The minimum atomic E-state index is 0.258. The van der Waals surface area contributed by atoms with Crippen LogP contribution in [0.5, 0.6) is 0 Å². The van der Waals surface area contributed by atoms with Crippen molar-refractivity contribution in [1.82, 2.24) is 10.2 Å². The van der Waals surface area contributed by atoms with Crippen LogP contribution in [-0.4, -0.2) is 29.6 Å². The molecule has 1 N–H and O–H groups in total. The lowest BCUT2D eigenvalue weighted by Crippen LogP contribution is -2.49. The number of rotatable bonds is 3. The highest BCUT2D eigenvalue weighted by Crippen LogP contribution is 2.27. The molecule has 0 radical (unpaired) electrons. The predicted octanol–water partition coefficient (Wildman–Crippen LogP) is 3.86. The van der Waals surface area contributed by atoms with Gasteiger partial charge in [-0.1, -0.05) is 6.92 Å². The number of hydrogen-bond donors (Lipinski definition) is 1. The van der Waals surface area contributed by atoms with E-state index in [1.807, 2.05) is 11.3 Å². The van der Waals surface area contributed by atoms with Crippen molar-refractivity contribution in [3.63, 3.8) is 0 Å². The fourth-order valence-corrected chi connectivity index (χ4v) is 4.00. The molecule has 0 saturated carbocycles. The summed E-state index contributed by atoms with van der Waals surface area (Å²) >= 11 is 5.50. The number of hydrogen-bond acceptors (Lipinski definition) is 3. The van der Waals surface area contributed by atoms with Gasteiger partial charge in [-0.3, -0.25) is 4.90 Å². The van der Waals surface area contributed by atoms with E-state index >= 15 is 0 Å². The number of nitrogens with one attached hydrogen (secondary N) is 1. The summed E-state index contributed by atoms with van der Waals surface area (Å²) in [6, 6.07) is 2.81. The molecule has 102 valence electrons. The molecule has 2 rings (SSSR count). The fraction of sp³-hybridized carbons (Fsp3) is 0.714. The summed E-state index contributed by atoms with van der Waals surface area (Å²) in [5.74, 6) is 0. The Morgan fingerprint density at radius 3 is 3.00 bits per heavy atom. The van der Waals surface area contributed by atoms with Crippen LogP contribution in [0.3, 0.4) is 0 Å². The average molecular weight is 331 g/mol. The average Bonchev–Trinajstić information content (AvgIpc) is 2.67. The van der Waals surface area contributed by atoms with Gasteiger partial charge < -0.3 is 5.32 Å². The van der Waals surface area contributed by atoms with E-state index in [1.54, 1.807) is 0 Å². The van der Waals surface area contributed by atoms with Crippen molar-refractivity contribution in [2.24, 2.45) is 0 Å². The Kier molecular flexibility index (Phi) is 4.86. The Bertz CT molecular complexity index is 393. The van der Waals surface area contributed by atoms with E-state index in [0.29, 0.717) is 6.04 Å². The van der Waals surface area contributed by atoms with Crippen molar-refractivity contribution >= 4 is 27.3 Å². The van der Waals surface area contributed by atoms with E-state index in [0.717, 1.165) is 19.6 Å². The zero-order valence-corrected chi connectivity index (χ0v) is 13.9. The molecule has 2 atom stereocenters. The summed E-state index contributed by atoms with van der Waals surface area (Å²) in [5, 5.41) is 5.88. The molecule has 2 heterocycles. The lowest BCUT2D eigenvalue weighted by molar-refractivity contribution is 0.165. The van der Waals surface area contributed by atoms with Gasteiger partial charge in [0.25, 0.3) is 0 Å².